The molecule has 2 aromatic rings. The number of halogens is 2. The minimum Gasteiger partial charge on any atom is -0.497 e. The van der Waals surface area contributed by atoms with Crippen molar-refractivity contribution in [3.63, 3.8) is 0 Å². The number of H-pyrrole nitrogens is 1. The number of ether oxygens (including phenoxy) is 1. The zero-order valence-corrected chi connectivity index (χ0v) is 16.1. The molecule has 24 heavy (non-hydrogen) atoms. The summed E-state index contributed by atoms with van der Waals surface area (Å²) in [6.07, 6.45) is 5.94. The Kier molecular flexibility index (Phi) is 8.92. The summed E-state index contributed by atoms with van der Waals surface area (Å²) >= 11 is 0. The zero-order valence-electron chi connectivity index (χ0n) is 14.5. The average molecular weight is 374 g/mol. The molecule has 1 aromatic carbocycles. The Balaban J connectivity index is 0.00000144. The number of unbranched alkanes of at least 4 members (excludes halogenated alkanes) is 1. The number of nitrogens with one attached hydrogen (secondary N) is 2. The van der Waals surface area contributed by atoms with Crippen LogP contribution in [0.5, 0.6) is 5.75 Å². The average Bonchev–Trinajstić information content (AvgIpc) is 2.99. The van der Waals surface area contributed by atoms with Crippen LogP contribution in [0, 0.1) is 0 Å². The standard InChI is InChI=1S/C18H27N3O.2ClH/c1-3-4-5-18(21-10-8-19-9-11-21)16-13-20-17-7-6-14(22-2)12-15(16)17;;/h6-7,12-13,18-20H,3-5,8-11H2,1-2H3;2*1H/t18-;;/m0../s1. The molecule has 1 fully saturated rings. The van der Waals surface area contributed by atoms with Crippen molar-refractivity contribution in [3.8, 4) is 5.75 Å². The maximum Gasteiger partial charge on any atom is 0.119 e. The lowest BCUT2D eigenvalue weighted by Gasteiger charge is -2.35. The maximum absolute atomic E-state index is 5.42. The third-order valence-corrected chi connectivity index (χ3v) is 4.70. The lowest BCUT2D eigenvalue weighted by atomic mass is 9.98. The smallest absolute Gasteiger partial charge is 0.119 e. The molecule has 1 aliphatic heterocycles. The van der Waals surface area contributed by atoms with E-state index < -0.39 is 0 Å². The number of aromatic amines is 1. The van der Waals surface area contributed by atoms with Crippen molar-refractivity contribution < 1.29 is 4.74 Å². The van der Waals surface area contributed by atoms with Crippen LogP contribution < -0.4 is 10.1 Å². The van der Waals surface area contributed by atoms with Crippen LogP contribution in [0.1, 0.15) is 37.8 Å². The molecule has 1 aliphatic rings. The highest BCUT2D eigenvalue weighted by Gasteiger charge is 2.24. The predicted molar refractivity (Wildman–Crippen MR) is 106 cm³/mol. The fourth-order valence-corrected chi connectivity index (χ4v) is 3.45. The molecule has 0 radical (unpaired) electrons. The lowest BCUT2D eigenvalue weighted by Crippen LogP contribution is -2.45. The number of rotatable bonds is 6. The molecular formula is C18H29Cl2N3O. The van der Waals surface area contributed by atoms with Gasteiger partial charge in [0.1, 0.15) is 5.75 Å². The summed E-state index contributed by atoms with van der Waals surface area (Å²) in [4.78, 5) is 6.07. The molecule has 0 saturated carbocycles. The van der Waals surface area contributed by atoms with Gasteiger partial charge >= 0.3 is 0 Å². The van der Waals surface area contributed by atoms with Gasteiger partial charge in [0.05, 0.1) is 7.11 Å². The quantitative estimate of drug-likeness (QED) is 0.798. The number of methoxy groups -OCH3 is 1. The van der Waals surface area contributed by atoms with Gasteiger partial charge in [-0.15, -0.1) is 24.8 Å². The molecule has 4 nitrogen and oxygen atoms in total. The van der Waals surface area contributed by atoms with E-state index in [9.17, 15) is 0 Å². The van der Waals surface area contributed by atoms with Gasteiger partial charge in [-0.3, -0.25) is 4.90 Å². The highest BCUT2D eigenvalue weighted by atomic mass is 35.5. The van der Waals surface area contributed by atoms with Crippen molar-refractivity contribution in [2.45, 2.75) is 32.2 Å². The third kappa shape index (κ3) is 4.57. The predicted octanol–water partition coefficient (Wildman–Crippen LogP) is 4.16. The molecule has 0 bridgehead atoms. The third-order valence-electron chi connectivity index (χ3n) is 4.70. The van der Waals surface area contributed by atoms with E-state index in [1.165, 1.54) is 35.7 Å². The number of piperazine rings is 1. The molecule has 1 saturated heterocycles. The Bertz CT molecular complexity index is 611. The van der Waals surface area contributed by atoms with Crippen LogP contribution in [0.2, 0.25) is 0 Å². The molecule has 2 N–H and O–H groups in total. The fourth-order valence-electron chi connectivity index (χ4n) is 3.45. The Hall–Kier alpha value is -0.940. The number of benzene rings is 1. The van der Waals surface area contributed by atoms with Crippen LogP contribution in [-0.4, -0.2) is 43.2 Å². The van der Waals surface area contributed by atoms with E-state index in [4.69, 9.17) is 4.74 Å². The van der Waals surface area contributed by atoms with Gasteiger partial charge in [0, 0.05) is 49.3 Å². The van der Waals surface area contributed by atoms with E-state index in [-0.39, 0.29) is 24.8 Å². The molecule has 0 unspecified atom stereocenters. The van der Waals surface area contributed by atoms with E-state index in [0.717, 1.165) is 31.9 Å². The van der Waals surface area contributed by atoms with Gasteiger partial charge in [-0.1, -0.05) is 19.8 Å². The summed E-state index contributed by atoms with van der Waals surface area (Å²) < 4.78 is 5.42. The second kappa shape index (κ2) is 10.1. The van der Waals surface area contributed by atoms with Crippen molar-refractivity contribution in [2.24, 2.45) is 0 Å². The first-order valence-corrected chi connectivity index (χ1v) is 8.43. The van der Waals surface area contributed by atoms with Gasteiger partial charge < -0.3 is 15.0 Å². The van der Waals surface area contributed by atoms with Gasteiger partial charge in [-0.25, -0.2) is 0 Å². The lowest BCUT2D eigenvalue weighted by molar-refractivity contribution is 0.164. The van der Waals surface area contributed by atoms with Crippen molar-refractivity contribution in [1.29, 1.82) is 0 Å². The molecule has 2 heterocycles. The van der Waals surface area contributed by atoms with E-state index in [0.29, 0.717) is 6.04 Å². The fraction of sp³-hybridized carbons (Fsp3) is 0.556. The number of hydrogen-bond donors (Lipinski definition) is 2. The molecule has 3 rings (SSSR count). The van der Waals surface area contributed by atoms with Crippen molar-refractivity contribution in [3.05, 3.63) is 30.0 Å². The van der Waals surface area contributed by atoms with Crippen LogP contribution in [0.25, 0.3) is 10.9 Å². The molecule has 6 heteroatoms. The van der Waals surface area contributed by atoms with Crippen molar-refractivity contribution >= 4 is 35.7 Å². The number of fused-ring (bicyclic) bond motifs is 1. The van der Waals surface area contributed by atoms with Crippen LogP contribution in [0.15, 0.2) is 24.4 Å². The summed E-state index contributed by atoms with van der Waals surface area (Å²) in [6, 6.07) is 6.81. The SMILES string of the molecule is CCCC[C@@H](c1c[nH]c2ccc(OC)cc12)N1CCNCC1.Cl.Cl. The monoisotopic (exact) mass is 373 g/mol. The Morgan fingerprint density at radius 2 is 1.96 bits per heavy atom. The first-order chi connectivity index (χ1) is 10.8. The molecule has 136 valence electrons. The number of aromatic nitrogens is 1. The molecule has 1 aromatic heterocycles. The normalized spacial score (nSPS) is 16.2. The highest BCUT2D eigenvalue weighted by molar-refractivity contribution is 5.86. The number of hydrogen-bond acceptors (Lipinski definition) is 3. The summed E-state index contributed by atoms with van der Waals surface area (Å²) in [7, 11) is 1.73. The van der Waals surface area contributed by atoms with Crippen LogP contribution in [-0.2, 0) is 0 Å². The first-order valence-electron chi connectivity index (χ1n) is 8.43. The van der Waals surface area contributed by atoms with Gasteiger partial charge in [0.25, 0.3) is 0 Å². The van der Waals surface area contributed by atoms with Crippen molar-refractivity contribution in [1.82, 2.24) is 15.2 Å². The van der Waals surface area contributed by atoms with Gasteiger partial charge in [0.2, 0.25) is 0 Å². The minimum absolute atomic E-state index is 0. The van der Waals surface area contributed by atoms with Gasteiger partial charge in [0.15, 0.2) is 0 Å². The highest BCUT2D eigenvalue weighted by Crippen LogP contribution is 2.34. The Labute approximate surface area is 157 Å². The largest absolute Gasteiger partial charge is 0.497 e. The van der Waals surface area contributed by atoms with E-state index in [2.05, 4.69) is 40.5 Å². The van der Waals surface area contributed by atoms with E-state index in [1.54, 1.807) is 7.11 Å². The number of nitrogens with zero attached hydrogens (tertiary/aromatic N) is 1. The second-order valence-corrected chi connectivity index (χ2v) is 6.10. The molecule has 0 aliphatic carbocycles. The van der Waals surface area contributed by atoms with Gasteiger partial charge in [-0.2, -0.15) is 0 Å². The first kappa shape index (κ1) is 21.1. The van der Waals surface area contributed by atoms with Crippen LogP contribution in [0.3, 0.4) is 0 Å². The van der Waals surface area contributed by atoms with Crippen LogP contribution in [0.4, 0.5) is 0 Å². The summed E-state index contributed by atoms with van der Waals surface area (Å²) in [5, 5.41) is 4.76. The maximum atomic E-state index is 5.42. The Morgan fingerprint density at radius 3 is 2.62 bits per heavy atom. The minimum atomic E-state index is 0. The second-order valence-electron chi connectivity index (χ2n) is 6.10. The summed E-state index contributed by atoms with van der Waals surface area (Å²) in [6.45, 7) is 6.71. The van der Waals surface area contributed by atoms with E-state index >= 15 is 0 Å². The molecule has 0 spiro atoms. The van der Waals surface area contributed by atoms with Gasteiger partial charge in [-0.05, 0) is 30.2 Å². The molecular weight excluding hydrogens is 345 g/mol. The summed E-state index contributed by atoms with van der Waals surface area (Å²) in [5.74, 6) is 0.933. The topological polar surface area (TPSA) is 40.3 Å². The van der Waals surface area contributed by atoms with Crippen LogP contribution >= 0.6 is 24.8 Å². The Morgan fingerprint density at radius 1 is 1.21 bits per heavy atom. The molecule has 0 amide bonds. The summed E-state index contributed by atoms with van der Waals surface area (Å²) in [5.41, 5.74) is 2.62. The molecule has 1 atom stereocenters. The van der Waals surface area contributed by atoms with E-state index in [1.807, 2.05) is 6.07 Å². The zero-order chi connectivity index (χ0) is 15.4. The van der Waals surface area contributed by atoms with Crippen molar-refractivity contribution in [2.75, 3.05) is 33.3 Å².